The van der Waals surface area contributed by atoms with E-state index in [-0.39, 0.29) is 11.7 Å². The van der Waals surface area contributed by atoms with Crippen molar-refractivity contribution in [2.75, 3.05) is 31.1 Å². The van der Waals surface area contributed by atoms with Crippen molar-refractivity contribution >= 4 is 22.6 Å². The SMILES string of the molecule is Cc1ccc(C(=O)NCCNCc2cc3ccccc3nc2N2CCCCC2)cc1F. The lowest BCUT2D eigenvalue weighted by atomic mass is 10.1. The minimum atomic E-state index is -0.361. The van der Waals surface area contributed by atoms with E-state index in [1.54, 1.807) is 19.1 Å². The quantitative estimate of drug-likeness (QED) is 0.563. The highest BCUT2D eigenvalue weighted by atomic mass is 19.1. The van der Waals surface area contributed by atoms with Crippen molar-refractivity contribution in [1.29, 1.82) is 0 Å². The molecule has 5 nitrogen and oxygen atoms in total. The van der Waals surface area contributed by atoms with E-state index >= 15 is 0 Å². The van der Waals surface area contributed by atoms with Crippen molar-refractivity contribution in [3.63, 3.8) is 0 Å². The summed E-state index contributed by atoms with van der Waals surface area (Å²) in [6.45, 7) is 5.53. The maximum atomic E-state index is 13.7. The van der Waals surface area contributed by atoms with Gasteiger partial charge < -0.3 is 15.5 Å². The summed E-state index contributed by atoms with van der Waals surface area (Å²) in [6.07, 6.45) is 3.68. The number of para-hydroxylation sites is 1. The van der Waals surface area contributed by atoms with Gasteiger partial charge in [0.05, 0.1) is 5.52 Å². The van der Waals surface area contributed by atoms with Gasteiger partial charge in [-0.2, -0.15) is 0 Å². The molecule has 1 aromatic heterocycles. The molecule has 6 heteroatoms. The van der Waals surface area contributed by atoms with Gasteiger partial charge in [-0.05, 0) is 56.0 Å². The van der Waals surface area contributed by atoms with Crippen LogP contribution in [0.3, 0.4) is 0 Å². The van der Waals surface area contributed by atoms with E-state index in [2.05, 4.69) is 33.7 Å². The number of amides is 1. The van der Waals surface area contributed by atoms with Gasteiger partial charge in [0.2, 0.25) is 0 Å². The molecule has 0 bridgehead atoms. The maximum absolute atomic E-state index is 13.7. The molecule has 0 unspecified atom stereocenters. The molecule has 1 fully saturated rings. The second kappa shape index (κ2) is 9.88. The minimum Gasteiger partial charge on any atom is -0.356 e. The number of aromatic nitrogens is 1. The highest BCUT2D eigenvalue weighted by Crippen LogP contribution is 2.26. The zero-order chi connectivity index (χ0) is 21.6. The normalized spacial score (nSPS) is 14.1. The highest BCUT2D eigenvalue weighted by Gasteiger charge is 2.17. The van der Waals surface area contributed by atoms with E-state index in [9.17, 15) is 9.18 Å². The van der Waals surface area contributed by atoms with Gasteiger partial charge in [0.25, 0.3) is 5.91 Å². The molecule has 0 radical (unpaired) electrons. The van der Waals surface area contributed by atoms with Gasteiger partial charge in [-0.3, -0.25) is 4.79 Å². The Morgan fingerprint density at radius 1 is 1.06 bits per heavy atom. The van der Waals surface area contributed by atoms with E-state index in [1.165, 1.54) is 30.9 Å². The first-order chi connectivity index (χ1) is 15.1. The number of piperidine rings is 1. The van der Waals surface area contributed by atoms with Crippen LogP contribution in [0.4, 0.5) is 10.2 Å². The van der Waals surface area contributed by atoms with Gasteiger partial charge in [0.1, 0.15) is 11.6 Å². The van der Waals surface area contributed by atoms with Gasteiger partial charge in [-0.15, -0.1) is 0 Å². The molecule has 1 aliphatic heterocycles. The minimum absolute atomic E-state index is 0.262. The van der Waals surface area contributed by atoms with Crippen LogP contribution in [0.25, 0.3) is 10.9 Å². The van der Waals surface area contributed by atoms with Gasteiger partial charge in [0, 0.05) is 49.2 Å². The third-order valence-electron chi connectivity index (χ3n) is 5.77. The van der Waals surface area contributed by atoms with Crippen LogP contribution in [0.2, 0.25) is 0 Å². The van der Waals surface area contributed by atoms with Crippen molar-refractivity contribution in [1.82, 2.24) is 15.6 Å². The zero-order valence-electron chi connectivity index (χ0n) is 18.0. The Balaban J connectivity index is 1.36. The molecule has 1 aliphatic rings. The fraction of sp³-hybridized carbons (Fsp3) is 0.360. The summed E-state index contributed by atoms with van der Waals surface area (Å²) in [7, 11) is 0. The predicted molar refractivity (Wildman–Crippen MR) is 123 cm³/mol. The fourth-order valence-corrected chi connectivity index (χ4v) is 3.98. The van der Waals surface area contributed by atoms with Crippen LogP contribution < -0.4 is 15.5 Å². The number of benzene rings is 2. The number of anilines is 1. The largest absolute Gasteiger partial charge is 0.356 e. The average molecular weight is 421 g/mol. The molecule has 4 rings (SSSR count). The Morgan fingerprint density at radius 2 is 1.87 bits per heavy atom. The molecule has 2 N–H and O–H groups in total. The lowest BCUT2D eigenvalue weighted by Crippen LogP contribution is -2.33. The van der Waals surface area contributed by atoms with Crippen LogP contribution in [0.15, 0.2) is 48.5 Å². The third-order valence-corrected chi connectivity index (χ3v) is 5.77. The molecule has 0 saturated carbocycles. The predicted octanol–water partition coefficient (Wildman–Crippen LogP) is 4.19. The number of fused-ring (bicyclic) bond motifs is 1. The van der Waals surface area contributed by atoms with Gasteiger partial charge in [-0.25, -0.2) is 9.37 Å². The first-order valence-corrected chi connectivity index (χ1v) is 11.0. The van der Waals surface area contributed by atoms with Crippen LogP contribution in [0.5, 0.6) is 0 Å². The molecule has 0 atom stereocenters. The lowest BCUT2D eigenvalue weighted by molar-refractivity contribution is 0.0953. The summed E-state index contributed by atoms with van der Waals surface area (Å²) >= 11 is 0. The van der Waals surface area contributed by atoms with Gasteiger partial charge >= 0.3 is 0 Å². The molecule has 0 spiro atoms. The Bertz CT molecular complexity index is 1060. The molecule has 1 amide bonds. The molecule has 1 saturated heterocycles. The summed E-state index contributed by atoms with van der Waals surface area (Å²) in [6, 6.07) is 15.0. The molecule has 2 heterocycles. The van der Waals surface area contributed by atoms with Crippen LogP contribution in [0, 0.1) is 12.7 Å². The standard InChI is InChI=1S/C25H29FN4O/c1-18-9-10-20(16-22(18)26)25(31)28-12-11-27-17-21-15-19-7-3-4-8-23(19)29-24(21)30-13-5-2-6-14-30/h3-4,7-10,15-16,27H,2,5-6,11-14,17H2,1H3,(H,28,31). The number of nitrogens with zero attached hydrogens (tertiary/aromatic N) is 2. The van der Waals surface area contributed by atoms with Crippen molar-refractivity contribution in [3.8, 4) is 0 Å². The molecule has 162 valence electrons. The smallest absolute Gasteiger partial charge is 0.251 e. The summed E-state index contributed by atoms with van der Waals surface area (Å²) in [5.74, 6) is 0.437. The Hall–Kier alpha value is -2.99. The highest BCUT2D eigenvalue weighted by molar-refractivity contribution is 5.94. The van der Waals surface area contributed by atoms with Gasteiger partial charge in [-0.1, -0.05) is 24.3 Å². The van der Waals surface area contributed by atoms with Crippen LogP contribution >= 0.6 is 0 Å². The topological polar surface area (TPSA) is 57.3 Å². The molecule has 2 aromatic carbocycles. The van der Waals surface area contributed by atoms with Crippen molar-refractivity contribution < 1.29 is 9.18 Å². The van der Waals surface area contributed by atoms with E-state index < -0.39 is 0 Å². The number of hydrogen-bond donors (Lipinski definition) is 2. The Kier molecular flexibility index (Phi) is 6.77. The summed E-state index contributed by atoms with van der Waals surface area (Å²) in [5.41, 5.74) is 3.07. The van der Waals surface area contributed by atoms with Crippen molar-refractivity contribution in [3.05, 3.63) is 71.0 Å². The summed E-state index contributed by atoms with van der Waals surface area (Å²) < 4.78 is 13.7. The van der Waals surface area contributed by atoms with Crippen molar-refractivity contribution in [2.45, 2.75) is 32.7 Å². The third kappa shape index (κ3) is 5.20. The van der Waals surface area contributed by atoms with Crippen LogP contribution in [0.1, 0.15) is 40.7 Å². The van der Waals surface area contributed by atoms with Crippen LogP contribution in [-0.4, -0.2) is 37.1 Å². The van der Waals surface area contributed by atoms with E-state index in [1.807, 2.05) is 12.1 Å². The summed E-state index contributed by atoms with van der Waals surface area (Å²) in [5, 5.41) is 7.40. The lowest BCUT2D eigenvalue weighted by Gasteiger charge is -2.30. The van der Waals surface area contributed by atoms with E-state index in [0.717, 1.165) is 29.8 Å². The van der Waals surface area contributed by atoms with Crippen LogP contribution in [-0.2, 0) is 6.54 Å². The first-order valence-electron chi connectivity index (χ1n) is 11.0. The second-order valence-corrected chi connectivity index (χ2v) is 8.11. The number of rotatable bonds is 7. The first kappa shape index (κ1) is 21.2. The number of nitrogens with one attached hydrogen (secondary N) is 2. The monoisotopic (exact) mass is 420 g/mol. The molecular formula is C25H29FN4O. The number of pyridine rings is 1. The number of aryl methyl sites for hydroxylation is 1. The number of carbonyl (C=O) groups excluding carboxylic acids is 1. The van der Waals surface area contributed by atoms with E-state index in [0.29, 0.717) is 30.8 Å². The molecule has 3 aromatic rings. The molecule has 31 heavy (non-hydrogen) atoms. The Morgan fingerprint density at radius 3 is 2.68 bits per heavy atom. The Labute approximate surface area is 182 Å². The average Bonchev–Trinajstić information content (AvgIpc) is 2.80. The second-order valence-electron chi connectivity index (χ2n) is 8.11. The van der Waals surface area contributed by atoms with E-state index in [4.69, 9.17) is 4.98 Å². The maximum Gasteiger partial charge on any atom is 0.251 e. The number of halogens is 1. The van der Waals surface area contributed by atoms with Crippen molar-refractivity contribution in [2.24, 2.45) is 0 Å². The number of carbonyl (C=O) groups is 1. The number of hydrogen-bond acceptors (Lipinski definition) is 4. The zero-order valence-corrected chi connectivity index (χ0v) is 18.0. The van der Waals surface area contributed by atoms with Gasteiger partial charge in [0.15, 0.2) is 0 Å². The summed E-state index contributed by atoms with van der Waals surface area (Å²) in [4.78, 5) is 19.6. The fourth-order valence-electron chi connectivity index (χ4n) is 3.98. The molecule has 0 aliphatic carbocycles. The molecular weight excluding hydrogens is 391 g/mol.